The van der Waals surface area contributed by atoms with E-state index in [4.69, 9.17) is 4.52 Å². The van der Waals surface area contributed by atoms with Gasteiger partial charge in [-0.15, -0.1) is 0 Å². The summed E-state index contributed by atoms with van der Waals surface area (Å²) >= 11 is 0. The second-order valence-corrected chi connectivity index (χ2v) is 4.19. The number of nitrogens with zero attached hydrogens (tertiary/aromatic N) is 1. The molecule has 0 atom stereocenters. The van der Waals surface area contributed by atoms with Gasteiger partial charge in [0.05, 0.1) is 16.9 Å². The average Bonchev–Trinajstić information content (AvgIpc) is 2.86. The van der Waals surface area contributed by atoms with Gasteiger partial charge in [0.15, 0.2) is 0 Å². The summed E-state index contributed by atoms with van der Waals surface area (Å²) in [6.07, 6.45) is 0. The van der Waals surface area contributed by atoms with Gasteiger partial charge in [-0.2, -0.15) is 0 Å². The minimum absolute atomic E-state index is 0.105. The molecule has 2 amide bonds. The first-order chi connectivity index (χ1) is 9.61. The van der Waals surface area contributed by atoms with Crippen LogP contribution >= 0.6 is 0 Å². The number of nitrogens with one attached hydrogen (secondary N) is 2. The molecule has 2 aromatic rings. The Hall–Kier alpha value is -2.63. The maximum atomic E-state index is 12.0. The first kappa shape index (κ1) is 13.8. The van der Waals surface area contributed by atoms with Gasteiger partial charge in [0.1, 0.15) is 0 Å². The first-order valence-electron chi connectivity index (χ1n) is 6.23. The Morgan fingerprint density at radius 2 is 2.00 bits per heavy atom. The lowest BCUT2D eigenvalue weighted by Gasteiger charge is -2.09. The third kappa shape index (κ3) is 3.03. The molecule has 0 spiro atoms. The lowest BCUT2D eigenvalue weighted by atomic mass is 10.1. The largest absolute Gasteiger partial charge is 0.352 e. The molecule has 0 bridgehead atoms. The van der Waals surface area contributed by atoms with Gasteiger partial charge in [0.25, 0.3) is 11.8 Å². The van der Waals surface area contributed by atoms with Crippen molar-refractivity contribution in [2.24, 2.45) is 0 Å². The van der Waals surface area contributed by atoms with Crippen molar-refractivity contribution in [2.75, 3.05) is 11.9 Å². The summed E-state index contributed by atoms with van der Waals surface area (Å²) in [5, 5.41) is 8.99. The number of carbonyl (C=O) groups is 2. The van der Waals surface area contributed by atoms with E-state index in [2.05, 4.69) is 15.8 Å². The lowest BCUT2D eigenvalue weighted by Crippen LogP contribution is -2.24. The molecule has 1 heterocycles. The van der Waals surface area contributed by atoms with Gasteiger partial charge >= 0.3 is 0 Å². The Kier molecular flexibility index (Phi) is 4.14. The molecule has 1 aromatic carbocycles. The van der Waals surface area contributed by atoms with Crippen LogP contribution in [0.1, 0.15) is 33.5 Å². The molecular weight excluding hydrogens is 258 g/mol. The normalized spacial score (nSPS) is 10.1. The molecule has 1 aromatic heterocycles. The Morgan fingerprint density at radius 3 is 2.65 bits per heavy atom. The van der Waals surface area contributed by atoms with Crippen molar-refractivity contribution in [3.05, 3.63) is 47.3 Å². The Bertz CT molecular complexity index is 634. The van der Waals surface area contributed by atoms with E-state index in [0.717, 1.165) is 0 Å². The average molecular weight is 273 g/mol. The van der Waals surface area contributed by atoms with Crippen molar-refractivity contribution in [2.45, 2.75) is 13.8 Å². The van der Waals surface area contributed by atoms with Crippen molar-refractivity contribution >= 4 is 17.5 Å². The molecule has 2 N–H and O–H groups in total. The Morgan fingerprint density at radius 1 is 1.25 bits per heavy atom. The second-order valence-electron chi connectivity index (χ2n) is 4.19. The van der Waals surface area contributed by atoms with Gasteiger partial charge in [-0.3, -0.25) is 9.59 Å². The van der Waals surface area contributed by atoms with Gasteiger partial charge in [0.2, 0.25) is 5.76 Å². The third-order valence-corrected chi connectivity index (χ3v) is 2.61. The van der Waals surface area contributed by atoms with Crippen molar-refractivity contribution in [3.63, 3.8) is 0 Å². The van der Waals surface area contributed by atoms with E-state index in [0.29, 0.717) is 23.5 Å². The van der Waals surface area contributed by atoms with Crippen LogP contribution in [0.25, 0.3) is 0 Å². The minimum atomic E-state index is -0.442. The molecule has 6 nitrogen and oxygen atoms in total. The second kappa shape index (κ2) is 6.01. The van der Waals surface area contributed by atoms with Gasteiger partial charge < -0.3 is 15.2 Å². The topological polar surface area (TPSA) is 84.2 Å². The molecule has 6 heteroatoms. The number of carbonyl (C=O) groups excluding carboxylic acids is 2. The molecule has 0 aliphatic carbocycles. The number of hydrogen-bond acceptors (Lipinski definition) is 4. The number of aromatic nitrogens is 1. The smallest absolute Gasteiger partial charge is 0.294 e. The highest BCUT2D eigenvalue weighted by atomic mass is 16.5. The monoisotopic (exact) mass is 273 g/mol. The molecule has 0 saturated carbocycles. The van der Waals surface area contributed by atoms with Gasteiger partial charge in [-0.05, 0) is 26.0 Å². The van der Waals surface area contributed by atoms with Crippen LogP contribution in [-0.2, 0) is 0 Å². The highest BCUT2D eigenvalue weighted by Gasteiger charge is 2.16. The fourth-order valence-corrected chi connectivity index (χ4v) is 1.70. The summed E-state index contributed by atoms with van der Waals surface area (Å²) < 4.78 is 4.88. The van der Waals surface area contributed by atoms with Crippen molar-refractivity contribution in [3.8, 4) is 0 Å². The molecule has 0 aliphatic rings. The third-order valence-electron chi connectivity index (χ3n) is 2.61. The maximum Gasteiger partial charge on any atom is 0.294 e. The van der Waals surface area contributed by atoms with Crippen LogP contribution in [0.15, 0.2) is 34.9 Å². The minimum Gasteiger partial charge on any atom is -0.352 e. The van der Waals surface area contributed by atoms with Crippen LogP contribution in [0.2, 0.25) is 0 Å². The van der Waals surface area contributed by atoms with E-state index in [1.807, 2.05) is 6.92 Å². The summed E-state index contributed by atoms with van der Waals surface area (Å²) in [6.45, 7) is 4.07. The first-order valence-corrected chi connectivity index (χ1v) is 6.23. The van der Waals surface area contributed by atoms with Crippen molar-refractivity contribution < 1.29 is 14.1 Å². The van der Waals surface area contributed by atoms with Crippen molar-refractivity contribution in [1.29, 1.82) is 0 Å². The van der Waals surface area contributed by atoms with E-state index in [9.17, 15) is 9.59 Å². The molecule has 0 saturated heterocycles. The van der Waals surface area contributed by atoms with E-state index < -0.39 is 5.91 Å². The number of benzene rings is 1. The van der Waals surface area contributed by atoms with E-state index in [-0.39, 0.29) is 11.7 Å². The molecule has 0 radical (unpaired) electrons. The highest BCUT2D eigenvalue weighted by Crippen LogP contribution is 2.16. The lowest BCUT2D eigenvalue weighted by molar-refractivity contribution is 0.0956. The predicted molar refractivity (Wildman–Crippen MR) is 73.6 cm³/mol. The van der Waals surface area contributed by atoms with Crippen LogP contribution in [-0.4, -0.2) is 23.5 Å². The SMILES string of the molecule is CCNC(=O)c1ccccc1NC(=O)c1cc(C)no1. The van der Waals surface area contributed by atoms with E-state index in [1.54, 1.807) is 31.2 Å². The summed E-state index contributed by atoms with van der Waals surface area (Å²) in [5.41, 5.74) is 1.45. The zero-order chi connectivity index (χ0) is 14.5. The van der Waals surface area contributed by atoms with Crippen LogP contribution in [0.4, 0.5) is 5.69 Å². The highest BCUT2D eigenvalue weighted by molar-refractivity contribution is 6.07. The maximum absolute atomic E-state index is 12.0. The zero-order valence-corrected chi connectivity index (χ0v) is 11.3. The number of hydrogen-bond donors (Lipinski definition) is 2. The number of amides is 2. The summed E-state index contributed by atoms with van der Waals surface area (Å²) in [5.74, 6) is -0.576. The number of anilines is 1. The quantitative estimate of drug-likeness (QED) is 0.892. The van der Waals surface area contributed by atoms with Gasteiger partial charge in [-0.1, -0.05) is 17.3 Å². The number of para-hydroxylation sites is 1. The van der Waals surface area contributed by atoms with Crippen molar-refractivity contribution in [1.82, 2.24) is 10.5 Å². The summed E-state index contributed by atoms with van der Waals surface area (Å²) in [4.78, 5) is 23.9. The van der Waals surface area contributed by atoms with E-state index in [1.165, 1.54) is 6.07 Å². The van der Waals surface area contributed by atoms with Crippen LogP contribution < -0.4 is 10.6 Å². The summed E-state index contributed by atoms with van der Waals surface area (Å²) in [7, 11) is 0. The fourth-order valence-electron chi connectivity index (χ4n) is 1.70. The number of aryl methyl sites for hydroxylation is 1. The predicted octanol–water partition coefficient (Wildman–Crippen LogP) is 1.99. The van der Waals surface area contributed by atoms with Gasteiger partial charge in [0, 0.05) is 12.6 Å². The fraction of sp³-hybridized carbons (Fsp3) is 0.214. The standard InChI is InChI=1S/C14H15N3O3/c1-3-15-13(18)10-6-4-5-7-11(10)16-14(19)12-8-9(2)17-20-12/h4-8H,3H2,1-2H3,(H,15,18)(H,16,19). The van der Waals surface area contributed by atoms with Crippen LogP contribution in [0.5, 0.6) is 0 Å². The molecule has 0 fully saturated rings. The number of rotatable bonds is 4. The van der Waals surface area contributed by atoms with Crippen LogP contribution in [0.3, 0.4) is 0 Å². The molecule has 104 valence electrons. The Balaban J connectivity index is 2.21. The molecule has 0 unspecified atom stereocenters. The van der Waals surface area contributed by atoms with Gasteiger partial charge in [-0.25, -0.2) is 0 Å². The molecule has 20 heavy (non-hydrogen) atoms. The molecule has 2 rings (SSSR count). The van der Waals surface area contributed by atoms with Crippen LogP contribution in [0, 0.1) is 6.92 Å². The molecule has 0 aliphatic heterocycles. The van der Waals surface area contributed by atoms with E-state index >= 15 is 0 Å². The molecular formula is C14H15N3O3. The zero-order valence-electron chi connectivity index (χ0n) is 11.3. The summed E-state index contributed by atoms with van der Waals surface area (Å²) in [6, 6.07) is 8.31. The Labute approximate surface area is 116 Å².